The van der Waals surface area contributed by atoms with E-state index >= 15 is 0 Å². The molecule has 0 aliphatic heterocycles. The molecule has 2 saturated carbocycles. The van der Waals surface area contributed by atoms with Gasteiger partial charge in [-0.15, -0.1) is 0 Å². The molecule has 9 heteroatoms. The number of benzene rings is 1. The number of hydrogen-bond donors (Lipinski definition) is 3. The van der Waals surface area contributed by atoms with E-state index < -0.39 is 26.7 Å². The van der Waals surface area contributed by atoms with E-state index in [4.69, 9.17) is 16.0 Å². The molecule has 2 aliphatic carbocycles. The molecule has 29 heavy (non-hydrogen) atoms. The topological polar surface area (TPSA) is 109 Å². The zero-order valence-corrected chi connectivity index (χ0v) is 17.7. The number of halogens is 1. The van der Waals surface area contributed by atoms with Gasteiger partial charge in [0, 0.05) is 22.3 Å². The van der Waals surface area contributed by atoms with Crippen molar-refractivity contribution in [2.75, 3.05) is 5.32 Å². The van der Waals surface area contributed by atoms with Gasteiger partial charge in [0.05, 0.1) is 11.9 Å². The molecule has 2 amide bonds. The first-order valence-electron chi connectivity index (χ1n) is 9.53. The van der Waals surface area contributed by atoms with Crippen LogP contribution in [0.4, 0.5) is 10.5 Å². The van der Waals surface area contributed by atoms with Crippen LogP contribution in [0.25, 0.3) is 0 Å². The maximum atomic E-state index is 12.6. The van der Waals surface area contributed by atoms with Crippen molar-refractivity contribution in [1.29, 1.82) is 0 Å². The summed E-state index contributed by atoms with van der Waals surface area (Å²) in [6, 6.07) is 4.02. The van der Waals surface area contributed by atoms with Gasteiger partial charge in [0.1, 0.15) is 0 Å². The lowest BCUT2D eigenvalue weighted by atomic mass is 10.00. The van der Waals surface area contributed by atoms with Gasteiger partial charge in [0.2, 0.25) is 5.09 Å². The van der Waals surface area contributed by atoms with Gasteiger partial charge in [-0.25, -0.2) is 9.52 Å². The first kappa shape index (κ1) is 20.3. The summed E-state index contributed by atoms with van der Waals surface area (Å²) in [4.78, 5) is 12.6. The van der Waals surface area contributed by atoms with E-state index in [0.29, 0.717) is 28.1 Å². The number of aliphatic hydroxyl groups is 1. The number of carbonyl (C=O) groups is 1. The molecule has 3 N–H and O–H groups in total. The highest BCUT2D eigenvalue weighted by atomic mass is 35.5. The standard InChI is InChI=1S/C20H23ClN2O5S/c1-20(2,25)13-7-17(28-10-13)29(26,27)23-19(24)22-18-15(11-3-4-11)8-14(21)9-16(18)12-5-6-12/h7-12,25H,3-6H2,1-2H3,(H2,22,23,24). The molecular formula is C20H23ClN2O5S. The Morgan fingerprint density at radius 3 is 2.14 bits per heavy atom. The second-order valence-corrected chi connectivity index (χ2v) is 10.3. The van der Waals surface area contributed by atoms with Crippen molar-refractivity contribution in [3.8, 4) is 0 Å². The number of hydrogen-bond acceptors (Lipinski definition) is 5. The largest absolute Gasteiger partial charge is 0.451 e. The molecule has 0 atom stereocenters. The zero-order chi connectivity index (χ0) is 21.0. The monoisotopic (exact) mass is 438 g/mol. The Kier molecular flexibility index (Phi) is 4.91. The van der Waals surface area contributed by atoms with Gasteiger partial charge in [-0.3, -0.25) is 0 Å². The molecule has 1 aromatic heterocycles. The number of nitrogens with one attached hydrogen (secondary N) is 2. The Hall–Kier alpha value is -2.03. The van der Waals surface area contributed by atoms with Crippen LogP contribution in [0.5, 0.6) is 0 Å². The lowest BCUT2D eigenvalue weighted by Crippen LogP contribution is -2.34. The second kappa shape index (κ2) is 7.04. The zero-order valence-electron chi connectivity index (χ0n) is 16.2. The van der Waals surface area contributed by atoms with Crippen LogP contribution in [0.15, 0.2) is 34.0 Å². The minimum Gasteiger partial charge on any atom is -0.451 e. The fourth-order valence-corrected chi connectivity index (χ4v) is 4.40. The van der Waals surface area contributed by atoms with Crippen molar-refractivity contribution in [2.45, 2.75) is 62.1 Å². The van der Waals surface area contributed by atoms with Gasteiger partial charge in [-0.05, 0) is 74.6 Å². The summed E-state index contributed by atoms with van der Waals surface area (Å²) < 4.78 is 32.1. The van der Waals surface area contributed by atoms with Crippen molar-refractivity contribution in [3.05, 3.63) is 46.2 Å². The van der Waals surface area contributed by atoms with Gasteiger partial charge in [0.15, 0.2) is 0 Å². The molecule has 0 unspecified atom stereocenters. The average molecular weight is 439 g/mol. The highest BCUT2D eigenvalue weighted by Crippen LogP contribution is 2.51. The van der Waals surface area contributed by atoms with Gasteiger partial charge in [0.25, 0.3) is 10.0 Å². The van der Waals surface area contributed by atoms with E-state index in [0.717, 1.165) is 43.1 Å². The van der Waals surface area contributed by atoms with Crippen molar-refractivity contribution in [1.82, 2.24) is 4.72 Å². The minimum absolute atomic E-state index is 0.294. The SMILES string of the molecule is CC(C)(O)c1coc(S(=O)(=O)NC(=O)Nc2c(C3CC3)cc(Cl)cc2C2CC2)c1. The van der Waals surface area contributed by atoms with Crippen LogP contribution in [-0.2, 0) is 15.6 Å². The molecule has 1 heterocycles. The molecule has 1 aromatic carbocycles. The lowest BCUT2D eigenvalue weighted by Gasteiger charge is -2.17. The Morgan fingerprint density at radius 1 is 1.14 bits per heavy atom. The Balaban J connectivity index is 1.56. The summed E-state index contributed by atoms with van der Waals surface area (Å²) in [7, 11) is -4.23. The Bertz CT molecular complexity index is 1030. The van der Waals surface area contributed by atoms with Crippen LogP contribution in [0.3, 0.4) is 0 Å². The third kappa shape index (κ3) is 4.44. The van der Waals surface area contributed by atoms with Crippen molar-refractivity contribution >= 4 is 33.3 Å². The van der Waals surface area contributed by atoms with E-state index in [-0.39, 0.29) is 0 Å². The van der Waals surface area contributed by atoms with Crippen LogP contribution in [0.2, 0.25) is 5.02 Å². The molecule has 0 spiro atoms. The summed E-state index contributed by atoms with van der Waals surface area (Å²) in [6.45, 7) is 3.02. The summed E-state index contributed by atoms with van der Waals surface area (Å²) in [5.74, 6) is 0.662. The van der Waals surface area contributed by atoms with Gasteiger partial charge in [-0.1, -0.05) is 11.6 Å². The Morgan fingerprint density at radius 2 is 1.69 bits per heavy atom. The van der Waals surface area contributed by atoms with Crippen LogP contribution in [0, 0.1) is 0 Å². The molecule has 2 aromatic rings. The predicted molar refractivity (Wildman–Crippen MR) is 109 cm³/mol. The second-order valence-electron chi connectivity index (χ2n) is 8.28. The fourth-order valence-electron chi connectivity index (χ4n) is 3.32. The number of rotatable bonds is 6. The summed E-state index contributed by atoms with van der Waals surface area (Å²) >= 11 is 6.27. The summed E-state index contributed by atoms with van der Waals surface area (Å²) in [5, 5.41) is 12.9. The Labute approximate surface area is 174 Å². The number of carbonyl (C=O) groups excluding carboxylic acids is 1. The molecule has 156 valence electrons. The number of amides is 2. The molecule has 4 rings (SSSR count). The van der Waals surface area contributed by atoms with Crippen LogP contribution >= 0.6 is 11.6 Å². The fraction of sp³-hybridized carbons (Fsp3) is 0.450. The van der Waals surface area contributed by atoms with E-state index in [1.165, 1.54) is 19.9 Å². The summed E-state index contributed by atoms with van der Waals surface area (Å²) in [5.41, 5.74) is 1.59. The number of anilines is 1. The first-order chi connectivity index (χ1) is 13.5. The van der Waals surface area contributed by atoms with Gasteiger partial charge in [-0.2, -0.15) is 8.42 Å². The maximum Gasteiger partial charge on any atom is 0.333 e. The molecule has 0 saturated heterocycles. The molecule has 2 aliphatic rings. The molecular weight excluding hydrogens is 416 g/mol. The normalized spacial score (nSPS) is 17.2. The van der Waals surface area contributed by atoms with Crippen LogP contribution in [0.1, 0.15) is 68.1 Å². The average Bonchev–Trinajstić information content (AvgIpc) is 3.52. The highest BCUT2D eigenvalue weighted by Gasteiger charge is 2.34. The van der Waals surface area contributed by atoms with Crippen LogP contribution in [-0.4, -0.2) is 19.6 Å². The molecule has 0 radical (unpaired) electrons. The number of sulfonamides is 1. The molecule has 7 nitrogen and oxygen atoms in total. The first-order valence-corrected chi connectivity index (χ1v) is 11.4. The molecule has 0 bridgehead atoms. The van der Waals surface area contributed by atoms with Crippen molar-refractivity contribution in [2.24, 2.45) is 0 Å². The van der Waals surface area contributed by atoms with E-state index in [9.17, 15) is 18.3 Å². The third-order valence-corrected chi connectivity index (χ3v) is 6.63. The number of furan rings is 1. The van der Waals surface area contributed by atoms with Gasteiger partial charge >= 0.3 is 6.03 Å². The minimum atomic E-state index is -4.23. The summed E-state index contributed by atoms with van der Waals surface area (Å²) in [6.07, 6.45) is 5.23. The predicted octanol–water partition coefficient (Wildman–Crippen LogP) is 4.43. The highest BCUT2D eigenvalue weighted by molar-refractivity contribution is 7.89. The lowest BCUT2D eigenvalue weighted by molar-refractivity contribution is 0.0779. The van der Waals surface area contributed by atoms with Gasteiger partial charge < -0.3 is 14.8 Å². The van der Waals surface area contributed by atoms with Crippen molar-refractivity contribution in [3.63, 3.8) is 0 Å². The van der Waals surface area contributed by atoms with E-state index in [2.05, 4.69) is 5.32 Å². The van der Waals surface area contributed by atoms with E-state index in [1.54, 1.807) is 0 Å². The van der Waals surface area contributed by atoms with Crippen LogP contribution < -0.4 is 10.0 Å². The maximum absolute atomic E-state index is 12.6. The molecule has 2 fully saturated rings. The quantitative estimate of drug-likeness (QED) is 0.618. The van der Waals surface area contributed by atoms with Crippen molar-refractivity contribution < 1.29 is 22.7 Å². The third-order valence-electron chi connectivity index (χ3n) is 5.21. The smallest absolute Gasteiger partial charge is 0.333 e. The van der Waals surface area contributed by atoms with E-state index in [1.807, 2.05) is 16.9 Å². The number of urea groups is 1.